The number of carbonyl (C=O) groups is 1. The molecule has 104 valence electrons. The van der Waals surface area contributed by atoms with Gasteiger partial charge in [0, 0.05) is 24.5 Å². The van der Waals surface area contributed by atoms with Gasteiger partial charge < -0.3 is 4.90 Å². The zero-order valence-corrected chi connectivity index (χ0v) is 12.5. The van der Waals surface area contributed by atoms with E-state index in [0.717, 1.165) is 36.9 Å². The van der Waals surface area contributed by atoms with Crippen molar-refractivity contribution in [2.75, 3.05) is 13.1 Å². The molecule has 1 aliphatic heterocycles. The van der Waals surface area contributed by atoms with E-state index in [1.807, 2.05) is 29.2 Å². The summed E-state index contributed by atoms with van der Waals surface area (Å²) in [6.07, 6.45) is 2.53. The Morgan fingerprint density at radius 1 is 1.26 bits per heavy atom. The highest BCUT2D eigenvalue weighted by Crippen LogP contribution is 2.23. The Hall–Kier alpha value is -1.02. The van der Waals surface area contributed by atoms with Gasteiger partial charge in [-0.1, -0.05) is 37.6 Å². The molecular weight excluding hydrogens is 258 g/mol. The summed E-state index contributed by atoms with van der Waals surface area (Å²) in [7, 11) is 0. The summed E-state index contributed by atoms with van der Waals surface area (Å²) in [5.74, 6) is 1.64. The lowest BCUT2D eigenvalue weighted by atomic mass is 9.88. The highest BCUT2D eigenvalue weighted by Gasteiger charge is 2.25. The third-order valence-corrected chi connectivity index (χ3v) is 4.48. The summed E-state index contributed by atoms with van der Waals surface area (Å²) in [5.41, 5.74) is 1.18. The van der Waals surface area contributed by atoms with Gasteiger partial charge in [-0.2, -0.15) is 0 Å². The van der Waals surface area contributed by atoms with E-state index in [-0.39, 0.29) is 5.91 Å². The maximum absolute atomic E-state index is 12.2. The number of halogens is 1. The van der Waals surface area contributed by atoms with Gasteiger partial charge in [-0.15, -0.1) is 0 Å². The van der Waals surface area contributed by atoms with Crippen molar-refractivity contribution in [2.24, 2.45) is 11.8 Å². The Bertz CT molecular complexity index is 429. The summed E-state index contributed by atoms with van der Waals surface area (Å²) >= 11 is 5.85. The van der Waals surface area contributed by atoms with Crippen LogP contribution >= 0.6 is 11.6 Å². The molecule has 1 aliphatic rings. The summed E-state index contributed by atoms with van der Waals surface area (Å²) in [6.45, 7) is 6.36. The van der Waals surface area contributed by atoms with Crippen molar-refractivity contribution in [3.63, 3.8) is 0 Å². The number of rotatable bonds is 3. The van der Waals surface area contributed by atoms with E-state index in [9.17, 15) is 4.79 Å². The lowest BCUT2D eigenvalue weighted by Gasteiger charge is -2.35. The van der Waals surface area contributed by atoms with Crippen LogP contribution in [0.15, 0.2) is 24.3 Å². The summed E-state index contributed by atoms with van der Waals surface area (Å²) < 4.78 is 0. The fourth-order valence-electron chi connectivity index (χ4n) is 2.55. The average Bonchev–Trinajstić information content (AvgIpc) is 2.41. The van der Waals surface area contributed by atoms with E-state index in [2.05, 4.69) is 13.8 Å². The number of aryl methyl sites for hydroxylation is 1. The molecule has 0 bridgehead atoms. The van der Waals surface area contributed by atoms with Crippen LogP contribution in [0, 0.1) is 11.8 Å². The molecule has 0 aromatic heterocycles. The molecule has 0 spiro atoms. The highest BCUT2D eigenvalue weighted by atomic mass is 35.5. The van der Waals surface area contributed by atoms with Crippen molar-refractivity contribution in [1.82, 2.24) is 4.90 Å². The van der Waals surface area contributed by atoms with Gasteiger partial charge in [-0.25, -0.2) is 0 Å². The molecular formula is C16H22ClNO. The molecule has 19 heavy (non-hydrogen) atoms. The standard InChI is InChI=1S/C16H22ClNO/c1-12-9-10-18(11-13(12)2)16(19)8-5-14-3-6-15(17)7-4-14/h3-4,6-7,12-13H,5,8-11H2,1-2H3. The molecule has 0 saturated carbocycles. The second-order valence-corrected chi connectivity index (χ2v) is 6.15. The maximum atomic E-state index is 12.2. The third-order valence-electron chi connectivity index (χ3n) is 4.23. The molecule has 2 atom stereocenters. The van der Waals surface area contributed by atoms with Crippen molar-refractivity contribution in [2.45, 2.75) is 33.1 Å². The highest BCUT2D eigenvalue weighted by molar-refractivity contribution is 6.30. The average molecular weight is 280 g/mol. The van der Waals surface area contributed by atoms with E-state index in [4.69, 9.17) is 11.6 Å². The number of carbonyl (C=O) groups excluding carboxylic acids is 1. The van der Waals surface area contributed by atoms with Crippen LogP contribution in [-0.2, 0) is 11.2 Å². The number of amides is 1. The fraction of sp³-hybridized carbons (Fsp3) is 0.562. The van der Waals surface area contributed by atoms with Gasteiger partial charge in [0.25, 0.3) is 0 Å². The van der Waals surface area contributed by atoms with Crippen LogP contribution in [0.25, 0.3) is 0 Å². The van der Waals surface area contributed by atoms with Crippen LogP contribution in [0.1, 0.15) is 32.3 Å². The van der Waals surface area contributed by atoms with Gasteiger partial charge in [0.15, 0.2) is 0 Å². The quantitative estimate of drug-likeness (QED) is 0.825. The van der Waals surface area contributed by atoms with Crippen LogP contribution in [0.3, 0.4) is 0 Å². The van der Waals surface area contributed by atoms with Gasteiger partial charge >= 0.3 is 0 Å². The van der Waals surface area contributed by atoms with E-state index in [1.54, 1.807) is 0 Å². The molecule has 2 rings (SSSR count). The summed E-state index contributed by atoms with van der Waals surface area (Å²) in [5, 5.41) is 0.744. The molecule has 2 nitrogen and oxygen atoms in total. The van der Waals surface area contributed by atoms with Crippen molar-refractivity contribution in [3.05, 3.63) is 34.9 Å². The first-order valence-corrected chi connectivity index (χ1v) is 7.46. The Morgan fingerprint density at radius 2 is 1.95 bits per heavy atom. The maximum Gasteiger partial charge on any atom is 0.222 e. The van der Waals surface area contributed by atoms with E-state index in [0.29, 0.717) is 12.3 Å². The normalized spacial score (nSPS) is 23.4. The van der Waals surface area contributed by atoms with Gasteiger partial charge in [0.1, 0.15) is 0 Å². The van der Waals surface area contributed by atoms with Crippen LogP contribution in [0.4, 0.5) is 0 Å². The molecule has 1 heterocycles. The van der Waals surface area contributed by atoms with E-state index < -0.39 is 0 Å². The van der Waals surface area contributed by atoms with Crippen molar-refractivity contribution < 1.29 is 4.79 Å². The Morgan fingerprint density at radius 3 is 2.58 bits per heavy atom. The van der Waals surface area contributed by atoms with Crippen molar-refractivity contribution in [3.8, 4) is 0 Å². The largest absolute Gasteiger partial charge is 0.342 e. The molecule has 0 N–H and O–H groups in total. The second kappa shape index (κ2) is 6.42. The molecule has 3 heteroatoms. The van der Waals surface area contributed by atoms with Crippen molar-refractivity contribution >= 4 is 17.5 Å². The predicted octanol–water partition coefficient (Wildman–Crippen LogP) is 3.78. The minimum absolute atomic E-state index is 0.286. The molecule has 1 aromatic rings. The van der Waals surface area contributed by atoms with Crippen LogP contribution in [0.5, 0.6) is 0 Å². The van der Waals surface area contributed by atoms with Crippen LogP contribution < -0.4 is 0 Å². The number of likely N-dealkylation sites (tertiary alicyclic amines) is 1. The fourth-order valence-corrected chi connectivity index (χ4v) is 2.68. The number of hydrogen-bond donors (Lipinski definition) is 0. The van der Waals surface area contributed by atoms with Crippen LogP contribution in [-0.4, -0.2) is 23.9 Å². The molecule has 1 saturated heterocycles. The van der Waals surface area contributed by atoms with Crippen LogP contribution in [0.2, 0.25) is 5.02 Å². The van der Waals surface area contributed by atoms with Gasteiger partial charge in [0.2, 0.25) is 5.91 Å². The molecule has 1 amide bonds. The monoisotopic (exact) mass is 279 g/mol. The molecule has 1 fully saturated rings. The molecule has 0 radical (unpaired) electrons. The first kappa shape index (κ1) is 14.4. The number of piperidine rings is 1. The Balaban J connectivity index is 1.83. The zero-order chi connectivity index (χ0) is 13.8. The SMILES string of the molecule is CC1CCN(C(=O)CCc2ccc(Cl)cc2)CC1C. The minimum Gasteiger partial charge on any atom is -0.342 e. The smallest absolute Gasteiger partial charge is 0.222 e. The van der Waals surface area contributed by atoms with Gasteiger partial charge in [-0.3, -0.25) is 4.79 Å². The molecule has 1 aromatic carbocycles. The van der Waals surface area contributed by atoms with Gasteiger partial charge in [0.05, 0.1) is 0 Å². The number of hydrogen-bond acceptors (Lipinski definition) is 1. The lowest BCUT2D eigenvalue weighted by molar-refractivity contribution is -0.133. The van der Waals surface area contributed by atoms with E-state index >= 15 is 0 Å². The summed E-state index contributed by atoms with van der Waals surface area (Å²) in [4.78, 5) is 14.2. The Labute approximate surface area is 120 Å². The number of benzene rings is 1. The zero-order valence-electron chi connectivity index (χ0n) is 11.7. The van der Waals surface area contributed by atoms with Gasteiger partial charge in [-0.05, 0) is 42.4 Å². The first-order valence-electron chi connectivity index (χ1n) is 7.08. The lowest BCUT2D eigenvalue weighted by Crippen LogP contribution is -2.42. The Kier molecular flexibility index (Phi) is 4.87. The number of nitrogens with zero attached hydrogens (tertiary/aromatic N) is 1. The molecule has 0 aliphatic carbocycles. The topological polar surface area (TPSA) is 20.3 Å². The first-order chi connectivity index (χ1) is 9.06. The molecule has 2 unspecified atom stereocenters. The minimum atomic E-state index is 0.286. The predicted molar refractivity (Wildman–Crippen MR) is 79.3 cm³/mol. The van der Waals surface area contributed by atoms with E-state index in [1.165, 1.54) is 5.56 Å². The summed E-state index contributed by atoms with van der Waals surface area (Å²) in [6, 6.07) is 7.76. The third kappa shape index (κ3) is 3.97. The van der Waals surface area contributed by atoms with Crippen molar-refractivity contribution in [1.29, 1.82) is 0 Å². The second-order valence-electron chi connectivity index (χ2n) is 5.71.